The van der Waals surface area contributed by atoms with Gasteiger partial charge in [0.15, 0.2) is 0 Å². The summed E-state index contributed by atoms with van der Waals surface area (Å²) in [6.07, 6.45) is 0. The van der Waals surface area contributed by atoms with Gasteiger partial charge in [-0.25, -0.2) is 0 Å². The molecule has 0 bridgehead atoms. The van der Waals surface area contributed by atoms with Gasteiger partial charge in [0.2, 0.25) is 0 Å². The summed E-state index contributed by atoms with van der Waals surface area (Å²) >= 11 is 0. The summed E-state index contributed by atoms with van der Waals surface area (Å²) in [5.74, 6) is 0. The molecule has 88 heavy (non-hydrogen) atoms. The highest BCUT2D eigenvalue weighted by Gasteiger charge is 2.38. The van der Waals surface area contributed by atoms with Gasteiger partial charge in [-0.3, -0.25) is 0 Å². The van der Waals surface area contributed by atoms with Crippen LogP contribution in [0.25, 0.3) is 121 Å². The largest absolute Gasteiger partial charge is 0.310 e. The zero-order valence-electron chi connectivity index (χ0n) is 49.3. The molecule has 2 aliphatic carbocycles. The second-order valence-corrected chi connectivity index (χ2v) is 25.5. The Labute approximate surface area is 510 Å². The molecular weight excluding hydrogens is 1060 g/mol. The maximum atomic E-state index is 2.65. The van der Waals surface area contributed by atoms with E-state index in [4.69, 9.17) is 0 Å². The summed E-state index contributed by atoms with van der Waals surface area (Å²) in [4.78, 5) is 4.93. The predicted octanol–water partition coefficient (Wildman–Crippen LogP) is 22.9. The third kappa shape index (κ3) is 6.53. The highest BCUT2D eigenvalue weighted by molar-refractivity contribution is 6.38. The third-order valence-electron chi connectivity index (χ3n) is 20.3. The van der Waals surface area contributed by atoms with Gasteiger partial charge < -0.3 is 18.6 Å². The van der Waals surface area contributed by atoms with Crippen molar-refractivity contribution in [2.45, 2.75) is 38.5 Å². The molecule has 0 aliphatic heterocycles. The molecule has 19 rings (SSSR count). The molecule has 2 aliphatic rings. The fourth-order valence-electron chi connectivity index (χ4n) is 16.4. The van der Waals surface area contributed by atoms with Crippen LogP contribution in [0.5, 0.6) is 0 Å². The van der Waals surface area contributed by atoms with Crippen LogP contribution < -0.4 is 9.80 Å². The standard InChI is InChI=1S/C84H58N4/c1-83(2)69-37-19-17-31-59(69)61-43-39-55(47-71(61)83)85(53-27-13-7-14-28-53)57-41-45-63-65-33-21-35-67-77-76(52-25-11-6-12-26-52)82-78(75(51-23-9-5-10-24-51)81(77)87(79(65)67)73(63)49-57)68-36-22-34-66-64-46-42-58(50-74(64)88(82)80(66)68)86(54-29-15-8-16-30-54)56-40-44-62-60-32-18-20-38-70(60)84(3,4)72(62)48-56/h5-50H,1-4H3. The van der Waals surface area contributed by atoms with Crippen molar-refractivity contribution in [3.63, 3.8) is 0 Å². The van der Waals surface area contributed by atoms with E-state index in [9.17, 15) is 0 Å². The molecule has 17 aromatic rings. The summed E-state index contributed by atoms with van der Waals surface area (Å²) in [6.45, 7) is 9.50. The Morgan fingerprint density at radius 2 is 0.591 bits per heavy atom. The average molecular weight is 1120 g/mol. The number of benzene rings is 13. The molecule has 0 N–H and O–H groups in total. The zero-order valence-corrected chi connectivity index (χ0v) is 49.3. The molecule has 0 saturated carbocycles. The molecule has 4 nitrogen and oxygen atoms in total. The van der Waals surface area contributed by atoms with Gasteiger partial charge >= 0.3 is 0 Å². The van der Waals surface area contributed by atoms with E-state index in [0.717, 1.165) is 34.1 Å². The minimum atomic E-state index is -0.152. The third-order valence-corrected chi connectivity index (χ3v) is 20.3. The molecule has 414 valence electrons. The zero-order chi connectivity index (χ0) is 58.3. The topological polar surface area (TPSA) is 15.3 Å². The van der Waals surface area contributed by atoms with Gasteiger partial charge in [-0.2, -0.15) is 0 Å². The number of aromatic nitrogens is 2. The van der Waals surface area contributed by atoms with Crippen molar-refractivity contribution in [2.75, 3.05) is 9.80 Å². The van der Waals surface area contributed by atoms with Gasteiger partial charge in [-0.1, -0.05) is 234 Å². The van der Waals surface area contributed by atoms with Gasteiger partial charge in [-0.15, -0.1) is 0 Å². The van der Waals surface area contributed by atoms with Gasteiger partial charge in [0.25, 0.3) is 0 Å². The summed E-state index contributed by atoms with van der Waals surface area (Å²) in [5, 5.41) is 9.95. The highest BCUT2D eigenvalue weighted by atomic mass is 15.2. The van der Waals surface area contributed by atoms with E-state index >= 15 is 0 Å². The van der Waals surface area contributed by atoms with Crippen LogP contribution >= 0.6 is 0 Å². The van der Waals surface area contributed by atoms with Crippen molar-refractivity contribution >= 4 is 110 Å². The van der Waals surface area contributed by atoms with Crippen molar-refractivity contribution in [3.05, 3.63) is 301 Å². The number of hydrogen-bond acceptors (Lipinski definition) is 2. The number of hydrogen-bond donors (Lipinski definition) is 0. The van der Waals surface area contributed by atoms with Crippen molar-refractivity contribution in [3.8, 4) is 44.5 Å². The summed E-state index contributed by atoms with van der Waals surface area (Å²) in [5.41, 5.74) is 29.2. The Hall–Kier alpha value is -10.9. The lowest BCUT2D eigenvalue weighted by molar-refractivity contribution is 0.660. The van der Waals surface area contributed by atoms with Gasteiger partial charge in [-0.05, 0) is 128 Å². The molecule has 13 aromatic carbocycles. The van der Waals surface area contributed by atoms with E-state index in [0.29, 0.717) is 0 Å². The van der Waals surface area contributed by atoms with E-state index in [1.165, 1.54) is 143 Å². The van der Waals surface area contributed by atoms with Crippen LogP contribution in [0.3, 0.4) is 0 Å². The molecule has 4 aromatic heterocycles. The molecule has 4 heterocycles. The van der Waals surface area contributed by atoms with Crippen molar-refractivity contribution in [1.29, 1.82) is 0 Å². The van der Waals surface area contributed by atoms with Crippen LogP contribution in [0.1, 0.15) is 49.9 Å². The van der Waals surface area contributed by atoms with E-state index < -0.39 is 0 Å². The van der Waals surface area contributed by atoms with Crippen molar-refractivity contribution in [2.24, 2.45) is 0 Å². The van der Waals surface area contributed by atoms with Crippen LogP contribution in [0.15, 0.2) is 279 Å². The summed E-state index contributed by atoms with van der Waals surface area (Å²) in [7, 11) is 0. The van der Waals surface area contributed by atoms with Crippen LogP contribution in [-0.4, -0.2) is 8.80 Å². The SMILES string of the molecule is CC1(C)c2ccccc2-c2ccc(N(c3ccccc3)c3ccc4c5cccc6c7c(-c8ccccc8)c8c(c(-c9ccccc9)c7n(c4c3)c56)c3cccc4c5ccc(N(c6ccccc6)c6ccc7c(c6)C(C)(C)c6ccccc6-7)cc5n8c43)cc21. The first-order valence-corrected chi connectivity index (χ1v) is 30.9. The predicted molar refractivity (Wildman–Crippen MR) is 371 cm³/mol. The highest BCUT2D eigenvalue weighted by Crippen LogP contribution is 2.57. The number of fused-ring (bicyclic) bond motifs is 18. The normalized spacial score (nSPS) is 13.9. The van der Waals surface area contributed by atoms with Crippen molar-refractivity contribution in [1.82, 2.24) is 8.80 Å². The number of anilines is 6. The second-order valence-electron chi connectivity index (χ2n) is 25.5. The van der Waals surface area contributed by atoms with Gasteiger partial charge in [0, 0.05) is 99.2 Å². The Kier molecular flexibility index (Phi) is 9.99. The van der Waals surface area contributed by atoms with Crippen LogP contribution in [0.2, 0.25) is 0 Å². The van der Waals surface area contributed by atoms with Crippen LogP contribution in [-0.2, 0) is 10.8 Å². The van der Waals surface area contributed by atoms with Crippen LogP contribution in [0, 0.1) is 0 Å². The molecule has 0 atom stereocenters. The monoisotopic (exact) mass is 1120 g/mol. The van der Waals surface area contributed by atoms with Gasteiger partial charge in [0.1, 0.15) is 0 Å². The lowest BCUT2D eigenvalue weighted by Gasteiger charge is -2.28. The Bertz CT molecular complexity index is 5380. The molecule has 0 saturated heterocycles. The fraction of sp³-hybridized carbons (Fsp3) is 0.0714. The molecule has 4 heteroatoms. The maximum absolute atomic E-state index is 2.65. The quantitative estimate of drug-likeness (QED) is 0.151. The lowest BCUT2D eigenvalue weighted by Crippen LogP contribution is -2.16. The number of rotatable bonds is 8. The first-order chi connectivity index (χ1) is 43.2. The minimum absolute atomic E-state index is 0.152. The number of nitrogens with zero attached hydrogens (tertiary/aromatic N) is 4. The average Bonchev–Trinajstić information content (AvgIpc) is 1.52. The minimum Gasteiger partial charge on any atom is -0.310 e. The van der Waals surface area contributed by atoms with Crippen molar-refractivity contribution < 1.29 is 0 Å². The first-order valence-electron chi connectivity index (χ1n) is 30.9. The van der Waals surface area contributed by atoms with E-state index in [2.05, 4.69) is 325 Å². The fourth-order valence-corrected chi connectivity index (χ4v) is 16.4. The van der Waals surface area contributed by atoms with E-state index in [1.807, 2.05) is 0 Å². The molecule has 0 spiro atoms. The Morgan fingerprint density at radius 3 is 1.01 bits per heavy atom. The molecule has 0 amide bonds. The lowest BCUT2D eigenvalue weighted by atomic mass is 9.82. The molecule has 0 fully saturated rings. The molecular formula is C84H58N4. The van der Waals surface area contributed by atoms with Gasteiger partial charge in [0.05, 0.1) is 33.1 Å². The number of para-hydroxylation sites is 4. The van der Waals surface area contributed by atoms with E-state index in [-0.39, 0.29) is 10.8 Å². The maximum Gasteiger partial charge on any atom is 0.0634 e. The second kappa shape index (κ2) is 17.8. The smallest absolute Gasteiger partial charge is 0.0634 e. The summed E-state index contributed by atoms with van der Waals surface area (Å²) < 4.78 is 5.30. The van der Waals surface area contributed by atoms with E-state index in [1.54, 1.807) is 0 Å². The Balaban J connectivity index is 0.915. The van der Waals surface area contributed by atoms with Crippen LogP contribution in [0.4, 0.5) is 34.1 Å². The first kappa shape index (κ1) is 49.3. The molecule has 0 radical (unpaired) electrons. The Morgan fingerprint density at radius 1 is 0.250 bits per heavy atom. The summed E-state index contributed by atoms with van der Waals surface area (Å²) in [6, 6.07) is 105. The molecule has 0 unspecified atom stereocenters.